The largest absolute Gasteiger partial charge is 0.339 e. The maximum absolute atomic E-state index is 11.6. The number of likely N-dealkylation sites (tertiary alicyclic amines) is 1. The first-order valence-corrected chi connectivity index (χ1v) is 7.25. The van der Waals surface area contributed by atoms with Crippen molar-refractivity contribution in [2.45, 2.75) is 44.6 Å². The van der Waals surface area contributed by atoms with Crippen LogP contribution in [0.1, 0.15) is 43.1 Å². The molecule has 0 spiro atoms. The van der Waals surface area contributed by atoms with E-state index in [4.69, 9.17) is 0 Å². The molecular formula is C15H21N3O. The van der Waals surface area contributed by atoms with E-state index >= 15 is 0 Å². The number of aromatic nitrogens is 2. The zero-order valence-corrected chi connectivity index (χ0v) is 11.3. The topological polar surface area (TPSA) is 38.1 Å². The van der Waals surface area contributed by atoms with E-state index in [1.165, 1.54) is 36.7 Å². The Morgan fingerprint density at radius 3 is 2.79 bits per heavy atom. The minimum Gasteiger partial charge on any atom is -0.339 e. The van der Waals surface area contributed by atoms with Gasteiger partial charge in [-0.3, -0.25) is 4.79 Å². The van der Waals surface area contributed by atoms with E-state index in [0.717, 1.165) is 32.4 Å². The number of carbonyl (C=O) groups excluding carboxylic acids is 1. The van der Waals surface area contributed by atoms with Gasteiger partial charge in [0.25, 0.3) is 0 Å². The Morgan fingerprint density at radius 1 is 1.32 bits per heavy atom. The number of nitrogens with zero attached hydrogens (tertiary/aromatic N) is 3. The second kappa shape index (κ2) is 5.19. The van der Waals surface area contributed by atoms with E-state index in [9.17, 15) is 4.79 Å². The third-order valence-corrected chi connectivity index (χ3v) is 4.40. The molecule has 1 aromatic heterocycles. The van der Waals surface area contributed by atoms with Gasteiger partial charge in [-0.1, -0.05) is 6.58 Å². The number of piperidine rings is 1. The van der Waals surface area contributed by atoms with Crippen molar-refractivity contribution in [1.82, 2.24) is 14.5 Å². The number of amides is 1. The summed E-state index contributed by atoms with van der Waals surface area (Å²) >= 11 is 0. The summed E-state index contributed by atoms with van der Waals surface area (Å²) in [6, 6.07) is 0.517. The zero-order chi connectivity index (χ0) is 13.2. The summed E-state index contributed by atoms with van der Waals surface area (Å²) in [4.78, 5) is 18.0. The molecule has 1 aromatic rings. The predicted molar refractivity (Wildman–Crippen MR) is 73.9 cm³/mol. The highest BCUT2D eigenvalue weighted by atomic mass is 16.2. The molecule has 0 atom stereocenters. The van der Waals surface area contributed by atoms with Crippen molar-refractivity contribution in [1.29, 1.82) is 0 Å². The third-order valence-electron chi connectivity index (χ3n) is 4.40. The maximum atomic E-state index is 11.6. The summed E-state index contributed by atoms with van der Waals surface area (Å²) in [5.74, 6) is 0.0612. The number of carbonyl (C=O) groups is 1. The normalized spacial score (nSPS) is 20.1. The number of hydrogen-bond acceptors (Lipinski definition) is 2. The molecule has 1 saturated heterocycles. The first kappa shape index (κ1) is 12.5. The molecule has 1 fully saturated rings. The van der Waals surface area contributed by atoms with Crippen LogP contribution in [0.4, 0.5) is 0 Å². The molecule has 2 aliphatic rings. The molecule has 102 valence electrons. The van der Waals surface area contributed by atoms with Crippen molar-refractivity contribution in [3.8, 4) is 0 Å². The minimum absolute atomic E-state index is 0.0612. The van der Waals surface area contributed by atoms with Crippen LogP contribution in [0.15, 0.2) is 19.0 Å². The zero-order valence-electron chi connectivity index (χ0n) is 11.3. The first-order valence-electron chi connectivity index (χ1n) is 7.25. The van der Waals surface area contributed by atoms with Gasteiger partial charge in [-0.25, -0.2) is 4.98 Å². The molecule has 0 unspecified atom stereocenters. The van der Waals surface area contributed by atoms with Crippen LogP contribution in [-0.2, 0) is 17.6 Å². The van der Waals surface area contributed by atoms with E-state index in [-0.39, 0.29) is 5.91 Å². The molecule has 3 rings (SSSR count). The molecule has 0 N–H and O–H groups in total. The standard InChI is InChI=1S/C15H21N3O/c1-2-15(19)17-9-7-12(8-10-17)18-11-16-13-5-3-4-6-14(13)18/h2,11-12H,1,3-10H2. The molecule has 19 heavy (non-hydrogen) atoms. The highest BCUT2D eigenvalue weighted by Gasteiger charge is 2.25. The van der Waals surface area contributed by atoms with Crippen molar-refractivity contribution in [2.75, 3.05) is 13.1 Å². The summed E-state index contributed by atoms with van der Waals surface area (Å²) in [7, 11) is 0. The van der Waals surface area contributed by atoms with Gasteiger partial charge in [-0.05, 0) is 44.6 Å². The highest BCUT2D eigenvalue weighted by Crippen LogP contribution is 2.28. The van der Waals surface area contributed by atoms with E-state index in [1.807, 2.05) is 11.2 Å². The van der Waals surface area contributed by atoms with Crippen molar-refractivity contribution in [3.05, 3.63) is 30.4 Å². The lowest BCUT2D eigenvalue weighted by Gasteiger charge is -2.33. The molecule has 1 aliphatic carbocycles. The van der Waals surface area contributed by atoms with E-state index in [2.05, 4.69) is 16.1 Å². The van der Waals surface area contributed by atoms with Gasteiger partial charge in [0.1, 0.15) is 0 Å². The molecule has 0 radical (unpaired) electrons. The average Bonchev–Trinajstić information content (AvgIpc) is 2.90. The van der Waals surface area contributed by atoms with Crippen molar-refractivity contribution < 1.29 is 4.79 Å². The van der Waals surface area contributed by atoms with E-state index in [1.54, 1.807) is 0 Å². The summed E-state index contributed by atoms with van der Waals surface area (Å²) in [5.41, 5.74) is 2.75. The fourth-order valence-corrected chi connectivity index (χ4v) is 3.30. The van der Waals surface area contributed by atoms with Gasteiger partial charge in [-0.15, -0.1) is 0 Å². The predicted octanol–water partition coefficient (Wildman–Crippen LogP) is 2.11. The minimum atomic E-state index is 0.0612. The molecule has 1 aliphatic heterocycles. The van der Waals surface area contributed by atoms with Gasteiger partial charge in [-0.2, -0.15) is 0 Å². The van der Waals surface area contributed by atoms with Gasteiger partial charge in [0.2, 0.25) is 5.91 Å². The number of aryl methyl sites for hydroxylation is 1. The number of rotatable bonds is 2. The van der Waals surface area contributed by atoms with Crippen molar-refractivity contribution in [3.63, 3.8) is 0 Å². The Hall–Kier alpha value is -1.58. The summed E-state index contributed by atoms with van der Waals surface area (Å²) in [6.45, 7) is 5.23. The first-order chi connectivity index (χ1) is 9.29. The van der Waals surface area contributed by atoms with Crippen LogP contribution < -0.4 is 0 Å². The van der Waals surface area contributed by atoms with Crippen LogP contribution in [0, 0.1) is 0 Å². The van der Waals surface area contributed by atoms with Crippen molar-refractivity contribution >= 4 is 5.91 Å². The molecule has 0 aromatic carbocycles. The Labute approximate surface area is 114 Å². The van der Waals surface area contributed by atoms with Crippen LogP contribution in [0.2, 0.25) is 0 Å². The molecule has 0 bridgehead atoms. The fourth-order valence-electron chi connectivity index (χ4n) is 3.30. The van der Waals surface area contributed by atoms with Crippen LogP contribution in [0.3, 0.4) is 0 Å². The van der Waals surface area contributed by atoms with Crippen LogP contribution in [-0.4, -0.2) is 33.4 Å². The summed E-state index contributed by atoms with van der Waals surface area (Å²) < 4.78 is 2.38. The second-order valence-electron chi connectivity index (χ2n) is 5.51. The fraction of sp³-hybridized carbons (Fsp3) is 0.600. The average molecular weight is 259 g/mol. The Bertz CT molecular complexity index is 484. The summed E-state index contributed by atoms with van der Waals surface area (Å²) in [5, 5.41) is 0. The highest BCUT2D eigenvalue weighted by molar-refractivity contribution is 5.87. The monoisotopic (exact) mass is 259 g/mol. The van der Waals surface area contributed by atoms with Crippen LogP contribution in [0.5, 0.6) is 0 Å². The molecule has 2 heterocycles. The molecule has 4 nitrogen and oxygen atoms in total. The van der Waals surface area contributed by atoms with Gasteiger partial charge in [0.05, 0.1) is 12.0 Å². The second-order valence-corrected chi connectivity index (χ2v) is 5.51. The maximum Gasteiger partial charge on any atom is 0.245 e. The lowest BCUT2D eigenvalue weighted by atomic mass is 9.99. The Morgan fingerprint density at radius 2 is 2.05 bits per heavy atom. The summed E-state index contributed by atoms with van der Waals surface area (Å²) in [6.07, 6.45) is 10.4. The number of hydrogen-bond donors (Lipinski definition) is 0. The number of fused-ring (bicyclic) bond motifs is 1. The van der Waals surface area contributed by atoms with E-state index in [0.29, 0.717) is 6.04 Å². The molecule has 1 amide bonds. The van der Waals surface area contributed by atoms with Gasteiger partial charge >= 0.3 is 0 Å². The van der Waals surface area contributed by atoms with Crippen molar-refractivity contribution in [2.24, 2.45) is 0 Å². The smallest absolute Gasteiger partial charge is 0.245 e. The number of imidazole rings is 1. The van der Waals surface area contributed by atoms with Gasteiger partial charge in [0.15, 0.2) is 0 Å². The van der Waals surface area contributed by atoms with Gasteiger partial charge in [0, 0.05) is 24.8 Å². The lowest BCUT2D eigenvalue weighted by Crippen LogP contribution is -2.38. The van der Waals surface area contributed by atoms with Gasteiger partial charge < -0.3 is 9.47 Å². The molecule has 0 saturated carbocycles. The van der Waals surface area contributed by atoms with Crippen LogP contribution >= 0.6 is 0 Å². The van der Waals surface area contributed by atoms with E-state index < -0.39 is 0 Å². The Kier molecular flexibility index (Phi) is 3.40. The quantitative estimate of drug-likeness (QED) is 0.763. The molecule has 4 heteroatoms. The SMILES string of the molecule is C=CC(=O)N1CCC(n2cnc3c2CCCC3)CC1. The Balaban J connectivity index is 1.70. The lowest BCUT2D eigenvalue weighted by molar-refractivity contribution is -0.127. The molecular weight excluding hydrogens is 238 g/mol. The van der Waals surface area contributed by atoms with Crippen LogP contribution in [0.25, 0.3) is 0 Å². The third kappa shape index (κ3) is 2.31.